The van der Waals surface area contributed by atoms with Crippen LogP contribution in [0.4, 0.5) is 10.1 Å². The first kappa shape index (κ1) is 21.9. The second kappa shape index (κ2) is 9.34. The quantitative estimate of drug-likeness (QED) is 0.550. The molecule has 0 aliphatic carbocycles. The molecule has 7 heteroatoms. The zero-order valence-electron chi connectivity index (χ0n) is 17.4. The van der Waals surface area contributed by atoms with E-state index >= 15 is 0 Å². The molecule has 0 saturated heterocycles. The number of halogens is 1. The van der Waals surface area contributed by atoms with Gasteiger partial charge >= 0.3 is 0 Å². The van der Waals surface area contributed by atoms with Crippen LogP contribution in [-0.4, -0.2) is 30.3 Å². The molecule has 0 N–H and O–H groups in total. The van der Waals surface area contributed by atoms with Crippen LogP contribution in [0.1, 0.15) is 33.3 Å². The molecule has 1 heterocycles. The standard InChI is InChI=1S/C23H24FNO4S/c1-5-28-18-12-11-17(13-19(18)29-6-2)25-22(26)20(15-7-9-16(24)10-8-15)21(23(25)27)30-14(3)4/h7-14H,5-6H2,1-4H3. The highest BCUT2D eigenvalue weighted by atomic mass is 32.2. The maximum atomic E-state index is 13.4. The lowest BCUT2D eigenvalue weighted by atomic mass is 10.1. The molecular formula is C23H24FNO4S. The van der Waals surface area contributed by atoms with Crippen molar-refractivity contribution in [3.05, 3.63) is 58.8 Å². The molecule has 30 heavy (non-hydrogen) atoms. The number of carbonyl (C=O) groups excluding carboxylic acids is 2. The predicted octanol–water partition coefficient (Wildman–Crippen LogP) is 5.05. The Hall–Kier alpha value is -2.80. The fourth-order valence-electron chi connectivity index (χ4n) is 3.14. The van der Waals surface area contributed by atoms with Crippen molar-refractivity contribution in [2.24, 2.45) is 0 Å². The van der Waals surface area contributed by atoms with E-state index < -0.39 is 17.6 Å². The molecule has 0 unspecified atom stereocenters. The van der Waals surface area contributed by atoms with Gasteiger partial charge in [0.15, 0.2) is 11.5 Å². The first-order valence-electron chi connectivity index (χ1n) is 9.82. The van der Waals surface area contributed by atoms with E-state index in [9.17, 15) is 14.0 Å². The van der Waals surface area contributed by atoms with Gasteiger partial charge < -0.3 is 9.47 Å². The smallest absolute Gasteiger partial charge is 0.272 e. The number of amides is 2. The molecular weight excluding hydrogens is 405 g/mol. The number of thioether (sulfide) groups is 1. The van der Waals surface area contributed by atoms with E-state index in [1.54, 1.807) is 18.2 Å². The molecule has 0 aromatic heterocycles. The fraction of sp³-hybridized carbons (Fsp3) is 0.304. The van der Waals surface area contributed by atoms with E-state index in [4.69, 9.17) is 9.47 Å². The van der Waals surface area contributed by atoms with Gasteiger partial charge in [-0.05, 0) is 43.7 Å². The summed E-state index contributed by atoms with van der Waals surface area (Å²) in [6.45, 7) is 8.49. The molecule has 0 fully saturated rings. The number of carbonyl (C=O) groups is 2. The Bertz CT molecular complexity index is 985. The highest BCUT2D eigenvalue weighted by Crippen LogP contribution is 2.41. The first-order valence-corrected chi connectivity index (χ1v) is 10.7. The van der Waals surface area contributed by atoms with Gasteiger partial charge in [0.25, 0.3) is 11.8 Å². The minimum atomic E-state index is -0.443. The van der Waals surface area contributed by atoms with E-state index in [2.05, 4.69) is 0 Å². The van der Waals surface area contributed by atoms with Crippen LogP contribution in [0.15, 0.2) is 47.4 Å². The van der Waals surface area contributed by atoms with E-state index in [-0.39, 0.29) is 10.8 Å². The summed E-state index contributed by atoms with van der Waals surface area (Å²) in [5, 5.41) is 0.0893. The number of hydrogen-bond donors (Lipinski definition) is 0. The van der Waals surface area contributed by atoms with Gasteiger partial charge in [-0.1, -0.05) is 26.0 Å². The number of ether oxygens (including phenoxy) is 2. The van der Waals surface area contributed by atoms with Crippen LogP contribution in [0.5, 0.6) is 11.5 Å². The van der Waals surface area contributed by atoms with Gasteiger partial charge in [-0.2, -0.15) is 0 Å². The van der Waals surface area contributed by atoms with Crippen LogP contribution in [0.2, 0.25) is 0 Å². The van der Waals surface area contributed by atoms with E-state index in [1.165, 1.54) is 36.0 Å². The van der Waals surface area contributed by atoms with Gasteiger partial charge in [0.1, 0.15) is 5.82 Å². The van der Waals surface area contributed by atoms with Gasteiger partial charge in [-0.15, -0.1) is 11.8 Å². The Morgan fingerprint density at radius 1 is 0.933 bits per heavy atom. The summed E-state index contributed by atoms with van der Waals surface area (Å²) in [4.78, 5) is 28.1. The van der Waals surface area contributed by atoms with E-state index in [0.717, 1.165) is 4.90 Å². The third-order valence-electron chi connectivity index (χ3n) is 4.31. The first-order chi connectivity index (χ1) is 14.4. The number of benzene rings is 2. The number of anilines is 1. The lowest BCUT2D eigenvalue weighted by Crippen LogP contribution is -2.31. The molecule has 0 saturated carbocycles. The van der Waals surface area contributed by atoms with Gasteiger partial charge in [0.05, 0.1) is 29.4 Å². The molecule has 3 rings (SSSR count). The van der Waals surface area contributed by atoms with Crippen molar-refractivity contribution in [2.45, 2.75) is 32.9 Å². The molecule has 5 nitrogen and oxygen atoms in total. The molecule has 2 amide bonds. The van der Waals surface area contributed by atoms with Crippen LogP contribution in [0, 0.1) is 5.82 Å². The summed E-state index contributed by atoms with van der Waals surface area (Å²) in [5.74, 6) is -0.235. The van der Waals surface area contributed by atoms with Crippen LogP contribution in [0.3, 0.4) is 0 Å². The Balaban J connectivity index is 2.06. The normalized spacial score (nSPS) is 14.1. The van der Waals surface area contributed by atoms with Crippen molar-refractivity contribution in [1.82, 2.24) is 0 Å². The molecule has 0 atom stereocenters. The van der Waals surface area contributed by atoms with Crippen molar-refractivity contribution in [3.8, 4) is 11.5 Å². The highest BCUT2D eigenvalue weighted by Gasteiger charge is 2.40. The summed E-state index contributed by atoms with van der Waals surface area (Å²) in [5.41, 5.74) is 1.19. The molecule has 1 aliphatic rings. The molecule has 158 valence electrons. The summed E-state index contributed by atoms with van der Waals surface area (Å²) in [6, 6.07) is 10.6. The minimum absolute atomic E-state index is 0.0893. The third-order valence-corrected chi connectivity index (χ3v) is 5.40. The van der Waals surface area contributed by atoms with Crippen molar-refractivity contribution in [1.29, 1.82) is 0 Å². The van der Waals surface area contributed by atoms with Gasteiger partial charge in [0.2, 0.25) is 0 Å². The highest BCUT2D eigenvalue weighted by molar-refractivity contribution is 8.04. The zero-order valence-corrected chi connectivity index (χ0v) is 18.2. The van der Waals surface area contributed by atoms with Crippen molar-refractivity contribution in [2.75, 3.05) is 18.1 Å². The summed E-state index contributed by atoms with van der Waals surface area (Å²) in [7, 11) is 0. The number of nitrogens with zero attached hydrogens (tertiary/aromatic N) is 1. The summed E-state index contributed by atoms with van der Waals surface area (Å²) in [6.07, 6.45) is 0. The second-order valence-electron chi connectivity index (χ2n) is 6.82. The molecule has 0 spiro atoms. The van der Waals surface area contributed by atoms with E-state index in [0.29, 0.717) is 40.9 Å². The zero-order chi connectivity index (χ0) is 21.8. The summed E-state index contributed by atoms with van der Waals surface area (Å²) < 4.78 is 24.6. The molecule has 2 aromatic carbocycles. The maximum absolute atomic E-state index is 13.4. The lowest BCUT2D eigenvalue weighted by molar-refractivity contribution is -0.119. The monoisotopic (exact) mass is 429 g/mol. The lowest BCUT2D eigenvalue weighted by Gasteiger charge is -2.18. The van der Waals surface area contributed by atoms with Crippen LogP contribution < -0.4 is 14.4 Å². The number of hydrogen-bond acceptors (Lipinski definition) is 5. The maximum Gasteiger partial charge on any atom is 0.272 e. The Labute approximate surface area is 179 Å². The molecule has 1 aliphatic heterocycles. The summed E-state index contributed by atoms with van der Waals surface area (Å²) >= 11 is 1.32. The van der Waals surface area contributed by atoms with Crippen LogP contribution >= 0.6 is 11.8 Å². The van der Waals surface area contributed by atoms with E-state index in [1.807, 2.05) is 27.7 Å². The Morgan fingerprint density at radius 3 is 2.17 bits per heavy atom. The van der Waals surface area contributed by atoms with Crippen LogP contribution in [0.25, 0.3) is 5.57 Å². The predicted molar refractivity (Wildman–Crippen MR) is 117 cm³/mol. The third kappa shape index (κ3) is 4.36. The second-order valence-corrected chi connectivity index (χ2v) is 8.41. The largest absolute Gasteiger partial charge is 0.490 e. The van der Waals surface area contributed by atoms with Gasteiger partial charge in [-0.25, -0.2) is 9.29 Å². The van der Waals surface area contributed by atoms with Crippen LogP contribution in [-0.2, 0) is 9.59 Å². The average Bonchev–Trinajstić information content (AvgIpc) is 2.94. The van der Waals surface area contributed by atoms with Crippen molar-refractivity contribution < 1.29 is 23.5 Å². The van der Waals surface area contributed by atoms with Gasteiger partial charge in [0, 0.05) is 11.3 Å². The molecule has 0 bridgehead atoms. The fourth-order valence-corrected chi connectivity index (χ4v) is 4.13. The SMILES string of the molecule is CCOc1ccc(N2C(=O)C(SC(C)C)=C(c3ccc(F)cc3)C2=O)cc1OCC. The number of rotatable bonds is 8. The Kier molecular flexibility index (Phi) is 6.82. The van der Waals surface area contributed by atoms with Crippen molar-refractivity contribution in [3.63, 3.8) is 0 Å². The molecule has 2 aromatic rings. The van der Waals surface area contributed by atoms with Crippen molar-refractivity contribution >= 4 is 34.8 Å². The Morgan fingerprint density at radius 2 is 1.57 bits per heavy atom. The number of imide groups is 1. The molecule has 0 radical (unpaired) electrons. The average molecular weight is 430 g/mol. The minimum Gasteiger partial charge on any atom is -0.490 e. The van der Waals surface area contributed by atoms with Gasteiger partial charge in [-0.3, -0.25) is 9.59 Å². The topological polar surface area (TPSA) is 55.8 Å².